The molecule has 2 nitrogen and oxygen atoms in total. The number of nitrogens with two attached hydrogens (primary N) is 1. The van der Waals surface area contributed by atoms with Gasteiger partial charge in [-0.15, -0.1) is 0 Å². The van der Waals surface area contributed by atoms with E-state index >= 15 is 0 Å². The zero-order valence-electron chi connectivity index (χ0n) is 10.4. The van der Waals surface area contributed by atoms with Crippen LogP contribution in [0.3, 0.4) is 0 Å². The molecule has 0 saturated carbocycles. The molecule has 0 bridgehead atoms. The van der Waals surface area contributed by atoms with Gasteiger partial charge in [-0.2, -0.15) is 11.8 Å². The highest BCUT2D eigenvalue weighted by atomic mass is 32.2. The topological polar surface area (TPSA) is 29.3 Å². The zero-order chi connectivity index (χ0) is 11.9. The summed E-state index contributed by atoms with van der Waals surface area (Å²) in [7, 11) is 0. The molecule has 0 radical (unpaired) electrons. The monoisotopic (exact) mass is 248 g/mol. The predicted molar refractivity (Wildman–Crippen MR) is 74.0 cm³/mol. The summed E-state index contributed by atoms with van der Waals surface area (Å²) in [4.78, 5) is 2.61. The number of rotatable bonds is 2. The third-order valence-corrected chi connectivity index (χ3v) is 5.90. The van der Waals surface area contributed by atoms with Crippen LogP contribution in [0.2, 0.25) is 0 Å². The number of thioether (sulfide) groups is 1. The Labute approximate surface area is 108 Å². The van der Waals surface area contributed by atoms with E-state index in [4.69, 9.17) is 5.73 Å². The molecule has 2 heterocycles. The molecule has 17 heavy (non-hydrogen) atoms. The molecule has 0 spiro atoms. The van der Waals surface area contributed by atoms with Gasteiger partial charge in [-0.05, 0) is 22.8 Å². The zero-order valence-corrected chi connectivity index (χ0v) is 11.2. The molecule has 1 fully saturated rings. The Kier molecular flexibility index (Phi) is 2.93. The number of fused-ring (bicyclic) bond motifs is 1. The summed E-state index contributed by atoms with van der Waals surface area (Å²) >= 11 is 2.06. The molecule has 92 valence electrons. The van der Waals surface area contributed by atoms with Crippen LogP contribution in [0.25, 0.3) is 0 Å². The minimum atomic E-state index is 0.226. The first-order chi connectivity index (χ1) is 8.26. The third kappa shape index (κ3) is 1.72. The van der Waals surface area contributed by atoms with Gasteiger partial charge >= 0.3 is 0 Å². The molecule has 2 unspecified atom stereocenters. The summed E-state index contributed by atoms with van der Waals surface area (Å²) in [5.74, 6) is 3.15. The molecule has 0 aliphatic carbocycles. The molecular weight excluding hydrogens is 228 g/mol. The Bertz CT molecular complexity index is 395. The van der Waals surface area contributed by atoms with E-state index in [1.165, 1.54) is 22.6 Å². The molecule has 3 rings (SSSR count). The van der Waals surface area contributed by atoms with E-state index in [1.54, 1.807) is 0 Å². The fraction of sp³-hybridized carbons (Fsp3) is 0.571. The Morgan fingerprint density at radius 3 is 2.47 bits per heavy atom. The first kappa shape index (κ1) is 11.6. The van der Waals surface area contributed by atoms with Crippen LogP contribution < -0.4 is 5.73 Å². The van der Waals surface area contributed by atoms with E-state index in [0.717, 1.165) is 19.6 Å². The molecule has 2 atom stereocenters. The summed E-state index contributed by atoms with van der Waals surface area (Å²) in [6.07, 6.45) is 0. The number of nitrogens with zero attached hydrogens (tertiary/aromatic N) is 1. The average Bonchev–Trinajstić information content (AvgIpc) is 2.92. The highest BCUT2D eigenvalue weighted by Crippen LogP contribution is 2.41. The predicted octanol–water partition coefficient (Wildman–Crippen LogP) is 2.08. The summed E-state index contributed by atoms with van der Waals surface area (Å²) in [6, 6.07) is 8.80. The van der Waals surface area contributed by atoms with E-state index in [2.05, 4.69) is 47.9 Å². The Morgan fingerprint density at radius 1 is 1.35 bits per heavy atom. The van der Waals surface area contributed by atoms with Crippen molar-refractivity contribution in [3.63, 3.8) is 0 Å². The van der Waals surface area contributed by atoms with Crippen LogP contribution >= 0.6 is 11.8 Å². The first-order valence-electron chi connectivity index (χ1n) is 6.36. The Morgan fingerprint density at radius 2 is 2.00 bits per heavy atom. The van der Waals surface area contributed by atoms with Crippen LogP contribution in [-0.4, -0.2) is 28.5 Å². The molecule has 2 aliphatic rings. The molecule has 3 heteroatoms. The van der Waals surface area contributed by atoms with Gasteiger partial charge in [-0.25, -0.2) is 0 Å². The lowest BCUT2D eigenvalue weighted by Crippen LogP contribution is -2.55. The van der Waals surface area contributed by atoms with Crippen molar-refractivity contribution < 1.29 is 0 Å². The van der Waals surface area contributed by atoms with Crippen LogP contribution in [0.1, 0.15) is 18.1 Å². The quantitative estimate of drug-likeness (QED) is 0.869. The number of hydrogen-bond donors (Lipinski definition) is 1. The van der Waals surface area contributed by atoms with Crippen molar-refractivity contribution in [1.29, 1.82) is 0 Å². The van der Waals surface area contributed by atoms with Gasteiger partial charge in [0.05, 0.1) is 0 Å². The third-order valence-electron chi connectivity index (χ3n) is 4.46. The van der Waals surface area contributed by atoms with Crippen LogP contribution in [0.15, 0.2) is 24.3 Å². The highest BCUT2D eigenvalue weighted by Gasteiger charge is 2.46. The smallest absolute Gasteiger partial charge is 0.0462 e. The van der Waals surface area contributed by atoms with Gasteiger partial charge in [0, 0.05) is 30.9 Å². The second-order valence-corrected chi connectivity index (χ2v) is 6.38. The van der Waals surface area contributed by atoms with Crippen molar-refractivity contribution in [1.82, 2.24) is 4.90 Å². The number of hydrogen-bond acceptors (Lipinski definition) is 3. The van der Waals surface area contributed by atoms with Crippen molar-refractivity contribution in [2.75, 3.05) is 18.1 Å². The maximum atomic E-state index is 6.12. The van der Waals surface area contributed by atoms with Gasteiger partial charge in [-0.3, -0.25) is 4.90 Å². The minimum absolute atomic E-state index is 0.226. The van der Waals surface area contributed by atoms with Crippen molar-refractivity contribution in [3.05, 3.63) is 35.4 Å². The summed E-state index contributed by atoms with van der Waals surface area (Å²) in [5.41, 5.74) is 9.33. The van der Waals surface area contributed by atoms with Gasteiger partial charge in [-0.1, -0.05) is 31.2 Å². The lowest BCUT2D eigenvalue weighted by atomic mass is 9.87. The minimum Gasteiger partial charge on any atom is -0.329 e. The van der Waals surface area contributed by atoms with E-state index < -0.39 is 0 Å². The molecule has 0 amide bonds. The van der Waals surface area contributed by atoms with E-state index in [9.17, 15) is 0 Å². The van der Waals surface area contributed by atoms with Gasteiger partial charge < -0.3 is 5.73 Å². The van der Waals surface area contributed by atoms with Crippen molar-refractivity contribution in [3.8, 4) is 0 Å². The SMILES string of the molecule is CC1CSCC1(CN)N1Cc2ccccc2C1. The fourth-order valence-corrected chi connectivity index (χ4v) is 4.87. The average molecular weight is 248 g/mol. The van der Waals surface area contributed by atoms with Crippen LogP contribution in [0.4, 0.5) is 0 Å². The van der Waals surface area contributed by atoms with Crippen LogP contribution in [-0.2, 0) is 13.1 Å². The summed E-state index contributed by atoms with van der Waals surface area (Å²) in [6.45, 7) is 5.31. The Balaban J connectivity index is 1.88. The summed E-state index contributed by atoms with van der Waals surface area (Å²) < 4.78 is 0. The van der Waals surface area contributed by atoms with E-state index in [-0.39, 0.29) is 5.54 Å². The standard InChI is InChI=1S/C14H20N2S/c1-11-8-17-10-14(11,9-15)16-6-12-4-2-3-5-13(12)7-16/h2-5,11H,6-10,15H2,1H3. The molecule has 2 aliphatic heterocycles. The molecule has 1 saturated heterocycles. The fourth-order valence-electron chi connectivity index (χ4n) is 3.15. The lowest BCUT2D eigenvalue weighted by Gasteiger charge is -2.41. The normalized spacial score (nSPS) is 32.9. The van der Waals surface area contributed by atoms with Crippen molar-refractivity contribution in [2.24, 2.45) is 11.7 Å². The first-order valence-corrected chi connectivity index (χ1v) is 7.51. The van der Waals surface area contributed by atoms with Gasteiger partial charge in [0.1, 0.15) is 0 Å². The molecule has 1 aromatic rings. The van der Waals surface area contributed by atoms with Gasteiger partial charge in [0.2, 0.25) is 0 Å². The maximum Gasteiger partial charge on any atom is 0.0462 e. The second kappa shape index (κ2) is 4.30. The number of benzene rings is 1. The van der Waals surface area contributed by atoms with Crippen molar-refractivity contribution >= 4 is 11.8 Å². The highest BCUT2D eigenvalue weighted by molar-refractivity contribution is 7.99. The maximum absolute atomic E-state index is 6.12. The summed E-state index contributed by atoms with van der Waals surface area (Å²) in [5, 5.41) is 0. The van der Waals surface area contributed by atoms with E-state index in [1.807, 2.05) is 0 Å². The largest absolute Gasteiger partial charge is 0.329 e. The lowest BCUT2D eigenvalue weighted by molar-refractivity contribution is 0.0772. The second-order valence-electron chi connectivity index (χ2n) is 5.35. The van der Waals surface area contributed by atoms with E-state index in [0.29, 0.717) is 5.92 Å². The Hall–Kier alpha value is -0.510. The molecule has 0 aromatic heterocycles. The van der Waals surface area contributed by atoms with Gasteiger partial charge in [0.15, 0.2) is 0 Å². The van der Waals surface area contributed by atoms with Crippen LogP contribution in [0, 0.1) is 5.92 Å². The van der Waals surface area contributed by atoms with Crippen molar-refractivity contribution in [2.45, 2.75) is 25.6 Å². The molecule has 2 N–H and O–H groups in total. The van der Waals surface area contributed by atoms with Crippen LogP contribution in [0.5, 0.6) is 0 Å². The molecular formula is C14H20N2S. The molecule has 1 aromatic carbocycles. The van der Waals surface area contributed by atoms with Gasteiger partial charge in [0.25, 0.3) is 0 Å².